The van der Waals surface area contributed by atoms with Crippen LogP contribution in [0.25, 0.3) is 21.9 Å². The summed E-state index contributed by atoms with van der Waals surface area (Å²) in [4.78, 5) is 20.2. The Bertz CT molecular complexity index is 1510. The maximum atomic E-state index is 13.1. The van der Waals surface area contributed by atoms with Crippen molar-refractivity contribution in [2.24, 2.45) is 0 Å². The number of carbonyl (C=O) groups is 1. The molecule has 4 N–H and O–H groups in total. The fourth-order valence-corrected chi connectivity index (χ4v) is 5.17. The fourth-order valence-electron chi connectivity index (χ4n) is 5.17. The summed E-state index contributed by atoms with van der Waals surface area (Å²) in [6, 6.07) is 19.5. The third-order valence-corrected chi connectivity index (χ3v) is 7.25. The van der Waals surface area contributed by atoms with Gasteiger partial charge in [0.15, 0.2) is 5.75 Å². The van der Waals surface area contributed by atoms with Gasteiger partial charge in [0.25, 0.3) is 0 Å². The highest BCUT2D eigenvalue weighted by Gasteiger charge is 2.22. The second kappa shape index (κ2) is 11.5. The van der Waals surface area contributed by atoms with E-state index in [1.54, 1.807) is 7.11 Å². The lowest BCUT2D eigenvalue weighted by Gasteiger charge is -2.26. The van der Waals surface area contributed by atoms with Crippen molar-refractivity contribution < 1.29 is 14.3 Å². The van der Waals surface area contributed by atoms with Crippen LogP contribution in [0.3, 0.4) is 0 Å². The SMILES string of the molecule is COc1c(NC(=O)Nc2ccc(-c3ccc(CN4CCOCC4)nc3)c3ccccc23)ccc(C(C)(C)C)c1N. The van der Waals surface area contributed by atoms with Gasteiger partial charge in [-0.1, -0.05) is 63.2 Å². The van der Waals surface area contributed by atoms with Crippen molar-refractivity contribution in [2.75, 3.05) is 49.8 Å². The zero-order valence-corrected chi connectivity index (χ0v) is 23.6. The molecular weight excluding hydrogens is 502 g/mol. The van der Waals surface area contributed by atoms with Crippen molar-refractivity contribution in [3.8, 4) is 16.9 Å². The van der Waals surface area contributed by atoms with Gasteiger partial charge >= 0.3 is 6.03 Å². The summed E-state index contributed by atoms with van der Waals surface area (Å²) >= 11 is 0. The summed E-state index contributed by atoms with van der Waals surface area (Å²) in [5.74, 6) is 0.451. The number of rotatable bonds is 6. The van der Waals surface area contributed by atoms with Crippen molar-refractivity contribution in [2.45, 2.75) is 32.7 Å². The Morgan fingerprint density at radius 2 is 1.68 bits per heavy atom. The molecule has 0 unspecified atom stereocenters. The molecule has 0 aliphatic carbocycles. The predicted octanol–water partition coefficient (Wildman–Crippen LogP) is 6.27. The quantitative estimate of drug-likeness (QED) is 0.250. The molecule has 208 valence electrons. The van der Waals surface area contributed by atoms with Gasteiger partial charge in [-0.2, -0.15) is 0 Å². The van der Waals surface area contributed by atoms with Gasteiger partial charge < -0.3 is 25.8 Å². The van der Waals surface area contributed by atoms with E-state index in [1.165, 1.54) is 0 Å². The molecule has 2 amide bonds. The number of aromatic nitrogens is 1. The molecule has 1 aliphatic heterocycles. The molecule has 0 saturated carbocycles. The summed E-state index contributed by atoms with van der Waals surface area (Å²) in [6.45, 7) is 10.5. The Balaban J connectivity index is 1.36. The van der Waals surface area contributed by atoms with E-state index < -0.39 is 0 Å². The van der Waals surface area contributed by atoms with E-state index >= 15 is 0 Å². The molecule has 1 saturated heterocycles. The number of hydrogen-bond acceptors (Lipinski definition) is 6. The molecular formula is C32H37N5O3. The second-order valence-electron chi connectivity index (χ2n) is 11.1. The highest BCUT2D eigenvalue weighted by atomic mass is 16.5. The van der Waals surface area contributed by atoms with E-state index in [4.69, 9.17) is 20.2 Å². The van der Waals surface area contributed by atoms with Gasteiger partial charge in [-0.05, 0) is 40.1 Å². The number of methoxy groups -OCH3 is 1. The molecule has 0 atom stereocenters. The van der Waals surface area contributed by atoms with E-state index in [0.717, 1.165) is 66.0 Å². The zero-order valence-electron chi connectivity index (χ0n) is 23.6. The number of anilines is 3. The maximum absolute atomic E-state index is 13.1. The van der Waals surface area contributed by atoms with Crippen LogP contribution in [0.5, 0.6) is 5.75 Å². The zero-order chi connectivity index (χ0) is 28.3. The first-order chi connectivity index (χ1) is 19.2. The van der Waals surface area contributed by atoms with Gasteiger partial charge in [0, 0.05) is 36.8 Å². The Hall–Kier alpha value is -4.14. The fraction of sp³-hybridized carbons (Fsp3) is 0.312. The largest absolute Gasteiger partial charge is 0.492 e. The number of fused-ring (bicyclic) bond motifs is 1. The lowest BCUT2D eigenvalue weighted by molar-refractivity contribution is 0.0336. The van der Waals surface area contributed by atoms with E-state index in [1.807, 2.05) is 48.7 Å². The third kappa shape index (κ3) is 5.88. The average molecular weight is 540 g/mol. The number of nitrogens with zero attached hydrogens (tertiary/aromatic N) is 2. The van der Waals surface area contributed by atoms with Crippen molar-refractivity contribution in [3.05, 3.63) is 78.1 Å². The van der Waals surface area contributed by atoms with Crippen LogP contribution in [-0.2, 0) is 16.7 Å². The molecule has 40 heavy (non-hydrogen) atoms. The molecule has 0 radical (unpaired) electrons. The number of morpholine rings is 1. The number of nitrogen functional groups attached to an aromatic ring is 1. The monoisotopic (exact) mass is 539 g/mol. The number of urea groups is 1. The number of benzene rings is 3. The summed E-state index contributed by atoms with van der Waals surface area (Å²) in [6.07, 6.45) is 1.93. The molecule has 5 rings (SSSR count). The lowest BCUT2D eigenvalue weighted by atomic mass is 9.85. The molecule has 2 heterocycles. The highest BCUT2D eigenvalue weighted by Crippen LogP contribution is 2.39. The van der Waals surface area contributed by atoms with Crippen LogP contribution >= 0.6 is 0 Å². The molecule has 8 nitrogen and oxygen atoms in total. The minimum Gasteiger partial charge on any atom is -0.492 e. The molecule has 8 heteroatoms. The molecule has 0 bridgehead atoms. The topological polar surface area (TPSA) is 102 Å². The van der Waals surface area contributed by atoms with Crippen LogP contribution in [0.4, 0.5) is 21.9 Å². The molecule has 1 aliphatic rings. The molecule has 1 aromatic heterocycles. The van der Waals surface area contributed by atoms with Crippen molar-refractivity contribution in [1.29, 1.82) is 0 Å². The van der Waals surface area contributed by atoms with Crippen molar-refractivity contribution in [3.63, 3.8) is 0 Å². The highest BCUT2D eigenvalue weighted by molar-refractivity contribution is 6.10. The minimum absolute atomic E-state index is 0.155. The van der Waals surface area contributed by atoms with Crippen LogP contribution in [0.2, 0.25) is 0 Å². The van der Waals surface area contributed by atoms with E-state index in [-0.39, 0.29) is 11.4 Å². The first-order valence-corrected chi connectivity index (χ1v) is 13.6. The minimum atomic E-state index is -0.381. The summed E-state index contributed by atoms with van der Waals surface area (Å²) in [7, 11) is 1.55. The summed E-state index contributed by atoms with van der Waals surface area (Å²) in [5, 5.41) is 7.87. The molecule has 0 spiro atoms. The van der Waals surface area contributed by atoms with Crippen LogP contribution < -0.4 is 21.1 Å². The normalized spacial score (nSPS) is 14.2. The van der Waals surface area contributed by atoms with Gasteiger partial charge in [-0.15, -0.1) is 0 Å². The van der Waals surface area contributed by atoms with Crippen LogP contribution in [0, 0.1) is 0 Å². The van der Waals surface area contributed by atoms with Gasteiger partial charge in [-0.3, -0.25) is 9.88 Å². The van der Waals surface area contributed by atoms with E-state index in [9.17, 15) is 4.79 Å². The van der Waals surface area contributed by atoms with E-state index in [2.05, 4.69) is 54.5 Å². The van der Waals surface area contributed by atoms with Crippen LogP contribution in [0.15, 0.2) is 66.9 Å². The number of nitrogens with two attached hydrogens (primary N) is 1. The number of hydrogen-bond donors (Lipinski definition) is 3. The summed E-state index contributed by atoms with van der Waals surface area (Å²) < 4.78 is 11.0. The molecule has 3 aromatic carbocycles. The number of nitrogens with one attached hydrogen (secondary N) is 2. The first-order valence-electron chi connectivity index (χ1n) is 13.6. The Kier molecular flexibility index (Phi) is 7.91. The standard InChI is InChI=1S/C32H37N5O3/c1-32(2,3)26-12-14-28(30(39-4)29(26)33)36-31(38)35-27-13-11-23(24-7-5-6-8-25(24)27)21-9-10-22(34-19-21)20-37-15-17-40-18-16-37/h5-14,19H,15-18,20,33H2,1-4H3,(H2,35,36,38). The Morgan fingerprint density at radius 1 is 0.975 bits per heavy atom. The van der Waals surface area contributed by atoms with Crippen molar-refractivity contribution >= 4 is 33.9 Å². The van der Waals surface area contributed by atoms with Gasteiger partial charge in [0.2, 0.25) is 0 Å². The van der Waals surface area contributed by atoms with Crippen molar-refractivity contribution in [1.82, 2.24) is 9.88 Å². The average Bonchev–Trinajstić information content (AvgIpc) is 2.94. The predicted molar refractivity (Wildman–Crippen MR) is 162 cm³/mol. The second-order valence-corrected chi connectivity index (χ2v) is 11.1. The van der Waals surface area contributed by atoms with Gasteiger partial charge in [0.1, 0.15) is 0 Å². The number of amides is 2. The Morgan fingerprint density at radius 3 is 2.35 bits per heavy atom. The summed E-state index contributed by atoms with van der Waals surface area (Å²) in [5.41, 5.74) is 12.1. The van der Waals surface area contributed by atoms with E-state index in [0.29, 0.717) is 22.8 Å². The number of carbonyl (C=O) groups excluding carboxylic acids is 1. The number of pyridine rings is 1. The third-order valence-electron chi connectivity index (χ3n) is 7.25. The smallest absolute Gasteiger partial charge is 0.323 e. The molecule has 1 fully saturated rings. The maximum Gasteiger partial charge on any atom is 0.323 e. The van der Waals surface area contributed by atoms with Gasteiger partial charge in [0.05, 0.1) is 43.1 Å². The van der Waals surface area contributed by atoms with Gasteiger partial charge in [-0.25, -0.2) is 4.79 Å². The molecule has 4 aromatic rings. The lowest BCUT2D eigenvalue weighted by Crippen LogP contribution is -2.35. The van der Waals surface area contributed by atoms with Crippen LogP contribution in [-0.4, -0.2) is 49.3 Å². The van der Waals surface area contributed by atoms with Crippen LogP contribution in [0.1, 0.15) is 32.0 Å². The first kappa shape index (κ1) is 27.4. The number of ether oxygens (including phenoxy) is 2. The Labute approximate surface area is 235 Å².